The van der Waals surface area contributed by atoms with Gasteiger partial charge in [0.1, 0.15) is 0 Å². The van der Waals surface area contributed by atoms with Crippen molar-refractivity contribution in [3.8, 4) is 0 Å². The molecule has 1 atom stereocenters. The Bertz CT molecular complexity index is 457. The quantitative estimate of drug-likeness (QED) is 0.665. The lowest BCUT2D eigenvalue weighted by Gasteiger charge is -2.41. The number of halogens is 2. The molecule has 1 N–H and O–H groups in total. The van der Waals surface area contributed by atoms with Gasteiger partial charge < -0.3 is 5.32 Å². The lowest BCUT2D eigenvalue weighted by molar-refractivity contribution is -0.380. The molecule has 1 aliphatic heterocycles. The first kappa shape index (κ1) is 20.6. The van der Waals surface area contributed by atoms with Crippen molar-refractivity contribution >= 4 is 41.2 Å². The maximum absolute atomic E-state index is 10.9. The predicted molar refractivity (Wildman–Crippen MR) is 92.1 cm³/mol. The zero-order chi connectivity index (χ0) is 14.0. The van der Waals surface area contributed by atoms with Crippen molar-refractivity contribution in [2.24, 2.45) is 5.41 Å². The molecule has 1 fully saturated rings. The average Bonchev–Trinajstić information content (AvgIpc) is 2.78. The van der Waals surface area contributed by atoms with Gasteiger partial charge >= 0.3 is 5.00 Å². The van der Waals surface area contributed by atoms with Crippen LogP contribution in [0.5, 0.6) is 0 Å². The number of hydrogen-bond donors (Lipinski definition) is 1. The molecule has 5 nitrogen and oxygen atoms in total. The minimum absolute atomic E-state index is 0. The molecule has 2 rings (SSSR count). The largest absolute Gasteiger partial charge is 0.324 e. The summed E-state index contributed by atoms with van der Waals surface area (Å²) in [4.78, 5) is 14.1. The van der Waals surface area contributed by atoms with E-state index >= 15 is 0 Å². The third-order valence-electron chi connectivity index (χ3n) is 3.40. The van der Waals surface area contributed by atoms with Gasteiger partial charge in [0.05, 0.1) is 4.92 Å². The normalized spacial score (nSPS) is 17.5. The zero-order valence-electron chi connectivity index (χ0n) is 12.5. The number of rotatable bonds is 3. The van der Waals surface area contributed by atoms with E-state index in [0.717, 1.165) is 31.1 Å². The van der Waals surface area contributed by atoms with Crippen LogP contribution < -0.4 is 5.32 Å². The molecule has 1 aromatic heterocycles. The van der Waals surface area contributed by atoms with E-state index in [1.54, 1.807) is 6.07 Å². The van der Waals surface area contributed by atoms with E-state index in [2.05, 4.69) is 31.0 Å². The van der Waals surface area contributed by atoms with Crippen LogP contribution in [-0.4, -0.2) is 36.0 Å². The Morgan fingerprint density at radius 2 is 1.86 bits per heavy atom. The molecule has 122 valence electrons. The molecule has 0 amide bonds. The predicted octanol–water partition coefficient (Wildman–Crippen LogP) is 3.49. The summed E-state index contributed by atoms with van der Waals surface area (Å²) >= 11 is 1.31. The van der Waals surface area contributed by atoms with Crippen LogP contribution in [0.1, 0.15) is 31.7 Å². The SMILES string of the molecule is CC(C)(C)[C@@H](c1ccc([N+](=O)[O-])s1)N1CCNCC1.Cl.Cl. The van der Waals surface area contributed by atoms with Crippen molar-refractivity contribution < 1.29 is 4.92 Å². The number of piperazine rings is 1. The summed E-state index contributed by atoms with van der Waals surface area (Å²) in [5.41, 5.74) is 0.0655. The molecule has 0 spiro atoms. The molecule has 0 aliphatic carbocycles. The van der Waals surface area contributed by atoms with Crippen LogP contribution in [-0.2, 0) is 0 Å². The lowest BCUT2D eigenvalue weighted by atomic mass is 9.84. The molecule has 1 saturated heterocycles. The van der Waals surface area contributed by atoms with Crippen LogP contribution in [0.25, 0.3) is 0 Å². The number of nitro groups is 1. The fraction of sp³-hybridized carbons (Fsp3) is 0.692. The van der Waals surface area contributed by atoms with E-state index in [9.17, 15) is 10.1 Å². The number of hydrogen-bond acceptors (Lipinski definition) is 5. The molecule has 0 radical (unpaired) electrons. The number of nitrogens with one attached hydrogen (secondary N) is 1. The van der Waals surface area contributed by atoms with E-state index < -0.39 is 0 Å². The Morgan fingerprint density at radius 1 is 1.29 bits per heavy atom. The number of nitrogens with zero attached hydrogens (tertiary/aromatic N) is 2. The molecule has 1 aromatic rings. The van der Waals surface area contributed by atoms with Crippen molar-refractivity contribution in [3.05, 3.63) is 27.1 Å². The minimum atomic E-state index is -0.300. The van der Waals surface area contributed by atoms with Crippen LogP contribution in [0.4, 0.5) is 5.00 Å². The second-order valence-corrected chi connectivity index (χ2v) is 7.08. The Kier molecular flexibility index (Phi) is 8.13. The standard InChI is InChI=1S/C13H21N3O2S.2ClH/c1-13(2,3)12(15-8-6-14-7-9-15)10-4-5-11(19-10)16(17)18;;/h4-5,12,14H,6-9H2,1-3H3;2*1H/t12-;;/m1../s1. The van der Waals surface area contributed by atoms with Gasteiger partial charge in [-0.2, -0.15) is 0 Å². The molecule has 1 aliphatic rings. The van der Waals surface area contributed by atoms with Crippen LogP contribution >= 0.6 is 36.2 Å². The summed E-state index contributed by atoms with van der Waals surface area (Å²) in [5, 5.41) is 14.4. The highest BCUT2D eigenvalue weighted by molar-refractivity contribution is 7.15. The number of thiophene rings is 1. The van der Waals surface area contributed by atoms with Gasteiger partial charge in [-0.05, 0) is 11.5 Å². The molecule has 0 aromatic carbocycles. The van der Waals surface area contributed by atoms with Crippen LogP contribution in [0, 0.1) is 15.5 Å². The Hall–Kier alpha value is -0.400. The van der Waals surface area contributed by atoms with Gasteiger partial charge in [0.15, 0.2) is 0 Å². The Labute approximate surface area is 142 Å². The average molecular weight is 356 g/mol. The molecule has 21 heavy (non-hydrogen) atoms. The topological polar surface area (TPSA) is 58.4 Å². The summed E-state index contributed by atoms with van der Waals surface area (Å²) in [6, 6.07) is 3.79. The van der Waals surface area contributed by atoms with Crippen molar-refractivity contribution in [1.82, 2.24) is 10.2 Å². The van der Waals surface area contributed by atoms with Crippen LogP contribution in [0.15, 0.2) is 12.1 Å². The van der Waals surface area contributed by atoms with Crippen molar-refractivity contribution in [2.45, 2.75) is 26.8 Å². The maximum Gasteiger partial charge on any atom is 0.324 e. The fourth-order valence-corrected chi connectivity index (χ4v) is 3.88. The first-order chi connectivity index (χ1) is 8.89. The van der Waals surface area contributed by atoms with Crippen molar-refractivity contribution in [1.29, 1.82) is 0 Å². The van der Waals surface area contributed by atoms with Gasteiger partial charge in [-0.3, -0.25) is 15.0 Å². The fourth-order valence-electron chi connectivity index (χ4n) is 2.68. The molecule has 8 heteroatoms. The first-order valence-corrected chi connectivity index (χ1v) is 7.40. The minimum Gasteiger partial charge on any atom is -0.314 e. The second-order valence-electron chi connectivity index (χ2n) is 5.99. The highest BCUT2D eigenvalue weighted by Crippen LogP contribution is 2.42. The molecule has 2 heterocycles. The van der Waals surface area contributed by atoms with E-state index in [1.807, 2.05) is 6.07 Å². The Morgan fingerprint density at radius 3 is 2.29 bits per heavy atom. The smallest absolute Gasteiger partial charge is 0.314 e. The van der Waals surface area contributed by atoms with Crippen LogP contribution in [0.3, 0.4) is 0 Å². The van der Waals surface area contributed by atoms with E-state index in [1.165, 1.54) is 11.3 Å². The van der Waals surface area contributed by atoms with Gasteiger partial charge in [0, 0.05) is 43.2 Å². The van der Waals surface area contributed by atoms with E-state index in [0.29, 0.717) is 0 Å². The lowest BCUT2D eigenvalue weighted by Crippen LogP contribution is -2.48. The van der Waals surface area contributed by atoms with Gasteiger partial charge in [-0.25, -0.2) is 0 Å². The summed E-state index contributed by atoms with van der Waals surface area (Å²) in [5.74, 6) is 0. The summed E-state index contributed by atoms with van der Waals surface area (Å²) in [7, 11) is 0. The van der Waals surface area contributed by atoms with Gasteiger partial charge in [-0.1, -0.05) is 32.1 Å². The molecule has 0 unspecified atom stereocenters. The highest BCUT2D eigenvalue weighted by atomic mass is 35.5. The summed E-state index contributed by atoms with van der Waals surface area (Å²) < 4.78 is 0. The first-order valence-electron chi connectivity index (χ1n) is 6.58. The third kappa shape index (κ3) is 5.07. The molecular formula is C13H23Cl2N3O2S. The Balaban J connectivity index is 0.00000200. The summed E-state index contributed by atoms with van der Waals surface area (Å²) in [6.45, 7) is 10.6. The third-order valence-corrected chi connectivity index (χ3v) is 4.49. The molecule has 0 bridgehead atoms. The maximum atomic E-state index is 10.9. The van der Waals surface area contributed by atoms with Crippen molar-refractivity contribution in [3.63, 3.8) is 0 Å². The monoisotopic (exact) mass is 355 g/mol. The van der Waals surface area contributed by atoms with E-state index in [4.69, 9.17) is 0 Å². The van der Waals surface area contributed by atoms with E-state index in [-0.39, 0.29) is 46.2 Å². The molecular weight excluding hydrogens is 333 g/mol. The van der Waals surface area contributed by atoms with Gasteiger partial charge in [0.2, 0.25) is 0 Å². The van der Waals surface area contributed by atoms with Crippen molar-refractivity contribution in [2.75, 3.05) is 26.2 Å². The van der Waals surface area contributed by atoms with Gasteiger partial charge in [0.25, 0.3) is 0 Å². The van der Waals surface area contributed by atoms with Crippen LogP contribution in [0.2, 0.25) is 0 Å². The zero-order valence-corrected chi connectivity index (χ0v) is 14.9. The summed E-state index contributed by atoms with van der Waals surface area (Å²) in [6.07, 6.45) is 0. The second kappa shape index (κ2) is 8.29. The molecule has 0 saturated carbocycles. The van der Waals surface area contributed by atoms with Gasteiger partial charge in [-0.15, -0.1) is 24.8 Å². The highest BCUT2D eigenvalue weighted by Gasteiger charge is 2.34.